The maximum atomic E-state index is 12.2. The average molecular weight is 317 g/mol. The highest BCUT2D eigenvalue weighted by Crippen LogP contribution is 2.25. The molecule has 0 saturated heterocycles. The van der Waals surface area contributed by atoms with E-state index >= 15 is 0 Å². The summed E-state index contributed by atoms with van der Waals surface area (Å²) < 4.78 is 10.5. The molecule has 0 aliphatic carbocycles. The van der Waals surface area contributed by atoms with Crippen molar-refractivity contribution in [2.75, 3.05) is 21.3 Å². The number of thiophene rings is 1. The Balaban J connectivity index is 2.08. The number of hydrogen-bond acceptors (Lipinski definition) is 4. The maximum absolute atomic E-state index is 12.2. The van der Waals surface area contributed by atoms with Crippen LogP contribution in [0.3, 0.4) is 0 Å². The number of hydrogen-bond donors (Lipinski definition) is 0. The van der Waals surface area contributed by atoms with Gasteiger partial charge in [0.25, 0.3) is 0 Å². The topological polar surface area (TPSA) is 38.8 Å². The molecule has 2 aromatic rings. The van der Waals surface area contributed by atoms with Crippen LogP contribution in [0.15, 0.2) is 41.8 Å². The van der Waals surface area contributed by atoms with Crippen molar-refractivity contribution in [2.45, 2.75) is 6.54 Å². The fourth-order valence-electron chi connectivity index (χ4n) is 1.97. The number of rotatable bonds is 6. The molecule has 1 aromatic heterocycles. The Bertz CT molecular complexity index is 650. The van der Waals surface area contributed by atoms with Gasteiger partial charge in [-0.15, -0.1) is 11.3 Å². The fourth-order valence-corrected chi connectivity index (χ4v) is 2.73. The molecule has 0 aliphatic heterocycles. The highest BCUT2D eigenvalue weighted by molar-refractivity contribution is 7.09. The van der Waals surface area contributed by atoms with E-state index in [1.165, 1.54) is 0 Å². The lowest BCUT2D eigenvalue weighted by molar-refractivity contribution is -0.125. The lowest BCUT2D eigenvalue weighted by Gasteiger charge is -2.13. The first-order valence-corrected chi connectivity index (χ1v) is 7.69. The van der Waals surface area contributed by atoms with Gasteiger partial charge in [-0.1, -0.05) is 6.07 Å². The van der Waals surface area contributed by atoms with Crippen LogP contribution in [-0.4, -0.2) is 32.1 Å². The van der Waals surface area contributed by atoms with Crippen LogP contribution in [0.1, 0.15) is 10.4 Å². The number of nitrogens with zero attached hydrogens (tertiary/aromatic N) is 1. The number of likely N-dealkylation sites (N-methyl/N-ethyl adjacent to an activating group) is 1. The molecule has 1 heterocycles. The van der Waals surface area contributed by atoms with Crippen LogP contribution in [0.4, 0.5) is 0 Å². The fraction of sp³-hybridized carbons (Fsp3) is 0.235. The van der Waals surface area contributed by atoms with Crippen molar-refractivity contribution in [1.29, 1.82) is 0 Å². The molecule has 0 radical (unpaired) electrons. The average Bonchev–Trinajstić information content (AvgIpc) is 3.05. The molecule has 0 unspecified atom stereocenters. The van der Waals surface area contributed by atoms with Crippen molar-refractivity contribution in [2.24, 2.45) is 0 Å². The largest absolute Gasteiger partial charge is 0.497 e. The van der Waals surface area contributed by atoms with Crippen molar-refractivity contribution in [3.63, 3.8) is 0 Å². The van der Waals surface area contributed by atoms with Crippen molar-refractivity contribution < 1.29 is 14.3 Å². The van der Waals surface area contributed by atoms with E-state index in [0.29, 0.717) is 12.3 Å². The Morgan fingerprint density at radius 1 is 1.27 bits per heavy atom. The highest BCUT2D eigenvalue weighted by atomic mass is 32.1. The molecule has 116 valence electrons. The predicted molar refractivity (Wildman–Crippen MR) is 89.4 cm³/mol. The van der Waals surface area contributed by atoms with Crippen LogP contribution in [0, 0.1) is 0 Å². The SMILES string of the molecule is COc1ccc(OC)c(C=CC(=O)N(C)Cc2cccs2)c1. The van der Waals surface area contributed by atoms with E-state index in [2.05, 4.69) is 0 Å². The van der Waals surface area contributed by atoms with E-state index in [1.54, 1.807) is 49.7 Å². The summed E-state index contributed by atoms with van der Waals surface area (Å²) in [6.07, 6.45) is 3.29. The lowest BCUT2D eigenvalue weighted by atomic mass is 10.1. The summed E-state index contributed by atoms with van der Waals surface area (Å²) >= 11 is 1.64. The minimum absolute atomic E-state index is 0.0572. The van der Waals surface area contributed by atoms with E-state index in [1.807, 2.05) is 35.7 Å². The lowest BCUT2D eigenvalue weighted by Crippen LogP contribution is -2.23. The number of methoxy groups -OCH3 is 2. The number of benzene rings is 1. The van der Waals surface area contributed by atoms with Gasteiger partial charge in [0, 0.05) is 23.6 Å². The van der Waals surface area contributed by atoms with Gasteiger partial charge in [0.05, 0.1) is 20.8 Å². The summed E-state index contributed by atoms with van der Waals surface area (Å²) in [6.45, 7) is 0.607. The zero-order chi connectivity index (χ0) is 15.9. The summed E-state index contributed by atoms with van der Waals surface area (Å²) in [6, 6.07) is 9.47. The minimum atomic E-state index is -0.0572. The number of carbonyl (C=O) groups is 1. The van der Waals surface area contributed by atoms with Gasteiger partial charge < -0.3 is 14.4 Å². The van der Waals surface area contributed by atoms with Gasteiger partial charge in [-0.25, -0.2) is 0 Å². The van der Waals surface area contributed by atoms with Crippen LogP contribution in [0.2, 0.25) is 0 Å². The van der Waals surface area contributed by atoms with Gasteiger partial charge >= 0.3 is 0 Å². The monoisotopic (exact) mass is 317 g/mol. The van der Waals surface area contributed by atoms with E-state index in [9.17, 15) is 4.79 Å². The van der Waals surface area contributed by atoms with Crippen molar-refractivity contribution >= 4 is 23.3 Å². The van der Waals surface area contributed by atoms with E-state index < -0.39 is 0 Å². The summed E-state index contributed by atoms with van der Waals surface area (Å²) in [7, 11) is 4.99. The molecule has 0 atom stereocenters. The normalized spacial score (nSPS) is 10.7. The number of amides is 1. The number of carbonyl (C=O) groups excluding carboxylic acids is 1. The van der Waals surface area contributed by atoms with Crippen molar-refractivity contribution in [3.8, 4) is 11.5 Å². The third-order valence-electron chi connectivity index (χ3n) is 3.19. The van der Waals surface area contributed by atoms with Gasteiger partial charge in [0.1, 0.15) is 11.5 Å². The molecule has 5 heteroatoms. The molecule has 4 nitrogen and oxygen atoms in total. The van der Waals surface area contributed by atoms with E-state index in [4.69, 9.17) is 9.47 Å². The molecule has 2 rings (SSSR count). The molecular weight excluding hydrogens is 298 g/mol. The molecule has 0 fully saturated rings. The summed E-state index contributed by atoms with van der Waals surface area (Å²) in [5.74, 6) is 1.36. The maximum Gasteiger partial charge on any atom is 0.246 e. The molecule has 22 heavy (non-hydrogen) atoms. The first-order chi connectivity index (χ1) is 10.6. The Kier molecular flexibility index (Phi) is 5.61. The van der Waals surface area contributed by atoms with Crippen LogP contribution in [0.25, 0.3) is 6.08 Å². The van der Waals surface area contributed by atoms with E-state index in [-0.39, 0.29) is 5.91 Å². The third-order valence-corrected chi connectivity index (χ3v) is 4.05. The van der Waals surface area contributed by atoms with Crippen LogP contribution in [-0.2, 0) is 11.3 Å². The molecule has 0 saturated carbocycles. The highest BCUT2D eigenvalue weighted by Gasteiger charge is 2.07. The second-order valence-electron chi connectivity index (χ2n) is 4.71. The Labute approximate surface area is 134 Å². The predicted octanol–water partition coefficient (Wildman–Crippen LogP) is 3.44. The van der Waals surface area contributed by atoms with Crippen LogP contribution in [0.5, 0.6) is 11.5 Å². The summed E-state index contributed by atoms with van der Waals surface area (Å²) in [5.41, 5.74) is 0.805. The standard InChI is InChI=1S/C17H19NO3S/c1-18(12-15-5-4-10-22-15)17(19)9-6-13-11-14(20-2)7-8-16(13)21-3/h4-11H,12H2,1-3H3. The Morgan fingerprint density at radius 3 is 2.73 bits per heavy atom. The molecular formula is C17H19NO3S. The molecule has 0 bridgehead atoms. The van der Waals surface area contributed by atoms with Gasteiger partial charge in [0.15, 0.2) is 0 Å². The van der Waals surface area contributed by atoms with Crippen LogP contribution >= 0.6 is 11.3 Å². The second-order valence-corrected chi connectivity index (χ2v) is 5.75. The summed E-state index contributed by atoms with van der Waals surface area (Å²) in [4.78, 5) is 15.0. The van der Waals surface area contributed by atoms with Gasteiger partial charge in [-0.2, -0.15) is 0 Å². The first kappa shape index (κ1) is 16.1. The van der Waals surface area contributed by atoms with Crippen LogP contribution < -0.4 is 9.47 Å². The van der Waals surface area contributed by atoms with E-state index in [0.717, 1.165) is 16.2 Å². The van der Waals surface area contributed by atoms with Crippen molar-refractivity contribution in [1.82, 2.24) is 4.90 Å². The Hall–Kier alpha value is -2.27. The van der Waals surface area contributed by atoms with Gasteiger partial charge in [-0.3, -0.25) is 4.79 Å². The summed E-state index contributed by atoms with van der Waals surface area (Å²) in [5, 5.41) is 2.00. The molecule has 0 N–H and O–H groups in total. The smallest absolute Gasteiger partial charge is 0.246 e. The third kappa shape index (κ3) is 4.11. The molecule has 0 aliphatic rings. The quantitative estimate of drug-likeness (QED) is 0.766. The van der Waals surface area contributed by atoms with Gasteiger partial charge in [-0.05, 0) is 35.7 Å². The van der Waals surface area contributed by atoms with Gasteiger partial charge in [0.2, 0.25) is 5.91 Å². The van der Waals surface area contributed by atoms with Crippen molar-refractivity contribution in [3.05, 3.63) is 52.2 Å². The first-order valence-electron chi connectivity index (χ1n) is 6.81. The molecule has 1 amide bonds. The minimum Gasteiger partial charge on any atom is -0.497 e. The Morgan fingerprint density at radius 2 is 2.09 bits per heavy atom. The zero-order valence-electron chi connectivity index (χ0n) is 12.9. The molecule has 0 spiro atoms. The number of ether oxygens (including phenoxy) is 2. The second kappa shape index (κ2) is 7.66. The zero-order valence-corrected chi connectivity index (χ0v) is 13.7. The molecule has 1 aromatic carbocycles.